The first-order valence-electron chi connectivity index (χ1n) is 5.89. The Labute approximate surface area is 110 Å². The summed E-state index contributed by atoms with van der Waals surface area (Å²) in [6.07, 6.45) is 1.54. The Kier molecular flexibility index (Phi) is 3.57. The zero-order valence-corrected chi connectivity index (χ0v) is 10.6. The maximum atomic E-state index is 14.3. The molecule has 0 N–H and O–H groups in total. The third-order valence-electron chi connectivity index (χ3n) is 2.90. The first kappa shape index (κ1) is 13.2. The normalized spacial score (nSPS) is 10.5. The molecule has 0 aliphatic carbocycles. The third-order valence-corrected chi connectivity index (χ3v) is 2.90. The predicted octanol–water partition coefficient (Wildman–Crippen LogP) is 4.02. The van der Waals surface area contributed by atoms with Crippen LogP contribution >= 0.6 is 0 Å². The van der Waals surface area contributed by atoms with Gasteiger partial charge in [0.05, 0.1) is 5.69 Å². The highest BCUT2D eigenvalue weighted by molar-refractivity contribution is 5.67. The molecule has 2 rings (SSSR count). The van der Waals surface area contributed by atoms with Gasteiger partial charge in [0.25, 0.3) is 0 Å². The third kappa shape index (κ3) is 2.32. The zero-order valence-electron chi connectivity index (χ0n) is 10.6. The number of aromatic nitrogens is 1. The second-order valence-electron chi connectivity index (χ2n) is 4.49. The van der Waals surface area contributed by atoms with Crippen molar-refractivity contribution in [2.24, 2.45) is 0 Å². The van der Waals surface area contributed by atoms with Crippen LogP contribution in [0, 0.1) is 23.0 Å². The van der Waals surface area contributed by atoms with Crippen LogP contribution in [0.2, 0.25) is 0 Å². The number of halogens is 2. The average molecular weight is 258 g/mol. The molecule has 0 amide bonds. The lowest BCUT2D eigenvalue weighted by atomic mass is 9.92. The fraction of sp³-hybridized carbons (Fsp3) is 0.200. The fourth-order valence-corrected chi connectivity index (χ4v) is 1.97. The minimum atomic E-state index is -0.843. The summed E-state index contributed by atoms with van der Waals surface area (Å²) < 4.78 is 28.0. The van der Waals surface area contributed by atoms with E-state index in [0.29, 0.717) is 11.3 Å². The Hall–Kier alpha value is -2.28. The van der Waals surface area contributed by atoms with Crippen molar-refractivity contribution in [1.29, 1.82) is 5.26 Å². The molecule has 0 spiro atoms. The standard InChI is InChI=1S/C15H12F2N2/c1-9(2)10-7-12(16)11(8-18)15(17)14(10)13-5-3-4-6-19-13/h3-7,9H,1-2H3. The summed E-state index contributed by atoms with van der Waals surface area (Å²) in [6.45, 7) is 3.68. The molecule has 0 aliphatic rings. The second-order valence-corrected chi connectivity index (χ2v) is 4.49. The lowest BCUT2D eigenvalue weighted by Crippen LogP contribution is -2.03. The topological polar surface area (TPSA) is 36.7 Å². The summed E-state index contributed by atoms with van der Waals surface area (Å²) in [5.41, 5.74) is 0.548. The molecule has 0 atom stereocenters. The molecule has 0 fully saturated rings. The van der Waals surface area contributed by atoms with Crippen LogP contribution in [0.3, 0.4) is 0 Å². The monoisotopic (exact) mass is 258 g/mol. The summed E-state index contributed by atoms with van der Waals surface area (Å²) >= 11 is 0. The maximum absolute atomic E-state index is 14.3. The van der Waals surface area contributed by atoms with Gasteiger partial charge in [0.1, 0.15) is 17.4 Å². The van der Waals surface area contributed by atoms with Gasteiger partial charge < -0.3 is 0 Å². The second kappa shape index (κ2) is 5.15. The first-order chi connectivity index (χ1) is 9.06. The average Bonchev–Trinajstić information content (AvgIpc) is 2.39. The molecular formula is C15H12F2N2. The molecule has 19 heavy (non-hydrogen) atoms. The van der Waals surface area contributed by atoms with E-state index in [9.17, 15) is 8.78 Å². The number of hydrogen-bond donors (Lipinski definition) is 0. The number of hydrogen-bond acceptors (Lipinski definition) is 2. The molecule has 1 aromatic heterocycles. The quantitative estimate of drug-likeness (QED) is 0.815. The van der Waals surface area contributed by atoms with E-state index in [1.54, 1.807) is 24.3 Å². The summed E-state index contributed by atoms with van der Waals surface area (Å²) in [5.74, 6) is -1.75. The van der Waals surface area contributed by atoms with Gasteiger partial charge in [-0.15, -0.1) is 0 Å². The van der Waals surface area contributed by atoms with E-state index in [-0.39, 0.29) is 11.5 Å². The number of rotatable bonds is 2. The van der Waals surface area contributed by atoms with Crippen molar-refractivity contribution < 1.29 is 8.78 Å². The van der Waals surface area contributed by atoms with Crippen molar-refractivity contribution in [3.05, 3.63) is 53.2 Å². The lowest BCUT2D eigenvalue weighted by molar-refractivity contribution is 0.573. The Morgan fingerprint density at radius 2 is 2.00 bits per heavy atom. The van der Waals surface area contributed by atoms with Gasteiger partial charge in [0.15, 0.2) is 5.82 Å². The van der Waals surface area contributed by atoms with Crippen molar-refractivity contribution in [2.75, 3.05) is 0 Å². The Morgan fingerprint density at radius 3 is 2.53 bits per heavy atom. The van der Waals surface area contributed by atoms with E-state index in [1.165, 1.54) is 12.3 Å². The van der Waals surface area contributed by atoms with Crippen LogP contribution in [0.5, 0.6) is 0 Å². The van der Waals surface area contributed by atoms with Gasteiger partial charge in [-0.05, 0) is 29.7 Å². The smallest absolute Gasteiger partial charge is 0.153 e. The van der Waals surface area contributed by atoms with Crippen molar-refractivity contribution in [3.63, 3.8) is 0 Å². The highest BCUT2D eigenvalue weighted by Gasteiger charge is 2.21. The van der Waals surface area contributed by atoms with Crippen molar-refractivity contribution >= 4 is 0 Å². The number of nitriles is 1. The molecular weight excluding hydrogens is 246 g/mol. The van der Waals surface area contributed by atoms with Gasteiger partial charge in [0.2, 0.25) is 0 Å². The van der Waals surface area contributed by atoms with Crippen LogP contribution in [0.15, 0.2) is 30.5 Å². The van der Waals surface area contributed by atoms with Gasteiger partial charge in [-0.1, -0.05) is 19.9 Å². The Morgan fingerprint density at radius 1 is 1.26 bits per heavy atom. The molecule has 0 aliphatic heterocycles. The predicted molar refractivity (Wildman–Crippen MR) is 68.4 cm³/mol. The van der Waals surface area contributed by atoms with E-state index >= 15 is 0 Å². The van der Waals surface area contributed by atoms with Gasteiger partial charge in [-0.2, -0.15) is 5.26 Å². The highest BCUT2D eigenvalue weighted by atomic mass is 19.1. The largest absolute Gasteiger partial charge is 0.256 e. The molecule has 0 unspecified atom stereocenters. The first-order valence-corrected chi connectivity index (χ1v) is 5.89. The minimum Gasteiger partial charge on any atom is -0.256 e. The van der Waals surface area contributed by atoms with Crippen LogP contribution in [0.1, 0.15) is 30.9 Å². The van der Waals surface area contributed by atoms with Gasteiger partial charge in [0, 0.05) is 11.8 Å². The van der Waals surface area contributed by atoms with Gasteiger partial charge in [-0.3, -0.25) is 4.98 Å². The SMILES string of the molecule is CC(C)c1cc(F)c(C#N)c(F)c1-c1ccccn1. The van der Waals surface area contributed by atoms with Crippen molar-refractivity contribution in [3.8, 4) is 17.3 Å². The zero-order chi connectivity index (χ0) is 14.0. The van der Waals surface area contributed by atoms with Crippen LogP contribution in [-0.4, -0.2) is 4.98 Å². The van der Waals surface area contributed by atoms with E-state index in [1.807, 2.05) is 13.8 Å². The molecule has 4 heteroatoms. The molecule has 1 heterocycles. The Bertz CT molecular complexity index is 643. The van der Waals surface area contributed by atoms with Crippen LogP contribution in [0.4, 0.5) is 8.78 Å². The Balaban J connectivity index is 2.81. The molecule has 2 nitrogen and oxygen atoms in total. The minimum absolute atomic E-state index is 0.0752. The molecule has 0 saturated heterocycles. The molecule has 0 bridgehead atoms. The van der Waals surface area contributed by atoms with E-state index in [0.717, 1.165) is 0 Å². The molecule has 2 aromatic rings. The van der Waals surface area contributed by atoms with E-state index in [2.05, 4.69) is 4.98 Å². The molecule has 96 valence electrons. The number of nitrogens with zero attached hydrogens (tertiary/aromatic N) is 2. The van der Waals surface area contributed by atoms with Crippen LogP contribution in [-0.2, 0) is 0 Å². The molecule has 0 radical (unpaired) electrons. The maximum Gasteiger partial charge on any atom is 0.153 e. The summed E-state index contributed by atoms with van der Waals surface area (Å²) in [5, 5.41) is 8.85. The lowest BCUT2D eigenvalue weighted by Gasteiger charge is -2.14. The van der Waals surface area contributed by atoms with Gasteiger partial charge in [-0.25, -0.2) is 8.78 Å². The van der Waals surface area contributed by atoms with E-state index in [4.69, 9.17) is 5.26 Å². The van der Waals surface area contributed by atoms with Crippen molar-refractivity contribution in [2.45, 2.75) is 19.8 Å². The number of benzene rings is 1. The van der Waals surface area contributed by atoms with Gasteiger partial charge >= 0.3 is 0 Å². The van der Waals surface area contributed by atoms with Crippen LogP contribution in [0.25, 0.3) is 11.3 Å². The molecule has 0 saturated carbocycles. The summed E-state index contributed by atoms with van der Waals surface area (Å²) in [7, 11) is 0. The summed E-state index contributed by atoms with van der Waals surface area (Å²) in [6, 6.07) is 7.86. The number of pyridine rings is 1. The summed E-state index contributed by atoms with van der Waals surface area (Å²) in [4.78, 5) is 4.09. The van der Waals surface area contributed by atoms with E-state index < -0.39 is 17.2 Å². The molecule has 1 aromatic carbocycles. The highest BCUT2D eigenvalue weighted by Crippen LogP contribution is 2.33. The fourth-order valence-electron chi connectivity index (χ4n) is 1.97. The van der Waals surface area contributed by atoms with Crippen molar-refractivity contribution in [1.82, 2.24) is 4.98 Å². The van der Waals surface area contributed by atoms with Crippen LogP contribution < -0.4 is 0 Å².